The Morgan fingerprint density at radius 2 is 0.906 bits per heavy atom. The maximum Gasteiger partial charge on any atom is 0.0816 e. The molecule has 3 aromatic heterocycles. The summed E-state index contributed by atoms with van der Waals surface area (Å²) in [5, 5.41) is 0. The van der Waals surface area contributed by atoms with Crippen LogP contribution in [0.25, 0.3) is 79.2 Å². The summed E-state index contributed by atoms with van der Waals surface area (Å²) < 4.78 is 3.91. The number of aromatic nitrogens is 4. The Kier molecular flexibility index (Phi) is 10.2. The Morgan fingerprint density at radius 3 is 1.47 bits per heavy atom. The van der Waals surface area contributed by atoms with E-state index < -0.39 is 0 Å². The quantitative estimate of drug-likeness (QED) is 0.173. The average molecular weight is 985 g/mol. The van der Waals surface area contributed by atoms with E-state index in [1.54, 1.807) is 0 Å². The van der Waals surface area contributed by atoms with E-state index in [2.05, 4.69) is 201 Å². The molecule has 9 heteroatoms. The number of H-pyrrole nitrogens is 2. The molecular formula is C44H26Br4MnN4. The molecule has 0 atom stereocenters. The summed E-state index contributed by atoms with van der Waals surface area (Å²) in [5.74, 6) is 0. The fraction of sp³-hybridized carbons (Fsp3) is 0. The number of aromatic amines is 2. The number of nitrogens with one attached hydrogen (secondary N) is 2. The van der Waals surface area contributed by atoms with E-state index in [1.807, 2.05) is 18.2 Å². The van der Waals surface area contributed by atoms with Gasteiger partial charge in [0.2, 0.25) is 0 Å². The van der Waals surface area contributed by atoms with Gasteiger partial charge in [-0.1, -0.05) is 137 Å². The molecule has 53 heavy (non-hydrogen) atoms. The zero-order valence-corrected chi connectivity index (χ0v) is 35.2. The van der Waals surface area contributed by atoms with E-state index in [1.165, 1.54) is 0 Å². The molecule has 2 N–H and O–H groups in total. The molecule has 4 aromatic carbocycles. The molecule has 0 saturated carbocycles. The van der Waals surface area contributed by atoms with Crippen molar-refractivity contribution < 1.29 is 17.1 Å². The topological polar surface area (TPSA) is 57.4 Å². The molecule has 0 amide bonds. The minimum Gasteiger partial charge on any atom is -0.355 e. The van der Waals surface area contributed by atoms with Crippen LogP contribution in [-0.2, 0) is 17.1 Å². The van der Waals surface area contributed by atoms with Crippen LogP contribution in [0.5, 0.6) is 0 Å². The summed E-state index contributed by atoms with van der Waals surface area (Å²) in [7, 11) is 0. The Balaban J connectivity index is 0.00000400. The Hall–Kier alpha value is -4.08. The second-order valence-electron chi connectivity index (χ2n) is 12.5. The Labute approximate surface area is 350 Å². The van der Waals surface area contributed by atoms with Crippen molar-refractivity contribution in [1.82, 2.24) is 19.9 Å². The van der Waals surface area contributed by atoms with E-state index in [0.717, 1.165) is 107 Å². The first-order valence-corrected chi connectivity index (χ1v) is 19.8. The second-order valence-corrected chi connectivity index (χ2v) is 15.9. The van der Waals surface area contributed by atoms with Crippen LogP contribution >= 0.6 is 63.7 Å². The second kappa shape index (κ2) is 15.0. The summed E-state index contributed by atoms with van der Waals surface area (Å²) in [6.07, 6.45) is 6.30. The third kappa shape index (κ3) is 6.80. The summed E-state index contributed by atoms with van der Waals surface area (Å²) in [6.45, 7) is 0. The summed E-state index contributed by atoms with van der Waals surface area (Å²) >= 11 is 15.7. The van der Waals surface area contributed by atoms with Crippen molar-refractivity contribution in [3.63, 3.8) is 0 Å². The minimum atomic E-state index is 0. The number of hydrogen-bond acceptors (Lipinski definition) is 2. The van der Waals surface area contributed by atoms with Crippen molar-refractivity contribution in [2.45, 2.75) is 0 Å². The summed E-state index contributed by atoms with van der Waals surface area (Å²) in [5.41, 5.74) is 15.4. The molecule has 8 bridgehead atoms. The predicted octanol–water partition coefficient (Wildman–Crippen LogP) is 14.1. The SMILES string of the molecule is Brc1ccccc1C1=Cc2cc3ccc(cc4nc(cc5[nH]c(c(-c6ccccc6Br)c1n2)c(-c1ccccc1Br)c5-c1ccccc1Br)C=C4)[nH]3.[Mn]. The van der Waals surface area contributed by atoms with Gasteiger partial charge in [0, 0.05) is 79.3 Å². The standard InChI is InChI=1S/C44H26Br4N4.Mn/c45-35-13-5-1-9-30(35)34-23-29-22-27-18-17-25(49-27)21-26-19-20-28(50-26)24-39-40(31-10-2-6-14-36(31)46)41(32-11-3-7-15-37(32)47)44(52-39)42(43(34)51-29)33-12-4-8-16-38(33)48;/h1-24,49,52H;. The van der Waals surface area contributed by atoms with Crippen LogP contribution < -0.4 is 0 Å². The number of hydrogen-bond donors (Lipinski definition) is 2. The smallest absolute Gasteiger partial charge is 0.0816 e. The van der Waals surface area contributed by atoms with Crippen molar-refractivity contribution in [2.24, 2.45) is 0 Å². The third-order valence-electron chi connectivity index (χ3n) is 9.21. The molecule has 7 aromatic rings. The van der Waals surface area contributed by atoms with Crippen LogP contribution in [0.1, 0.15) is 28.3 Å². The van der Waals surface area contributed by atoms with E-state index in [0.29, 0.717) is 0 Å². The monoisotopic (exact) mass is 981 g/mol. The van der Waals surface area contributed by atoms with Gasteiger partial charge < -0.3 is 9.97 Å². The van der Waals surface area contributed by atoms with Crippen molar-refractivity contribution in [3.05, 3.63) is 174 Å². The Morgan fingerprint density at radius 1 is 0.434 bits per heavy atom. The van der Waals surface area contributed by atoms with Gasteiger partial charge in [-0.3, -0.25) is 0 Å². The van der Waals surface area contributed by atoms with E-state index in [9.17, 15) is 0 Å². The molecule has 1 radical (unpaired) electrons. The van der Waals surface area contributed by atoms with Crippen molar-refractivity contribution in [1.29, 1.82) is 0 Å². The van der Waals surface area contributed by atoms with Gasteiger partial charge in [0.25, 0.3) is 0 Å². The predicted molar refractivity (Wildman–Crippen MR) is 230 cm³/mol. The molecule has 0 fully saturated rings. The van der Waals surface area contributed by atoms with Crippen LogP contribution in [0.15, 0.2) is 145 Å². The fourth-order valence-corrected chi connectivity index (χ4v) is 8.89. The van der Waals surface area contributed by atoms with Crippen molar-refractivity contribution in [2.75, 3.05) is 0 Å². The molecule has 4 nitrogen and oxygen atoms in total. The molecule has 257 valence electrons. The van der Waals surface area contributed by atoms with E-state index in [-0.39, 0.29) is 17.1 Å². The van der Waals surface area contributed by atoms with Crippen LogP contribution in [0.4, 0.5) is 0 Å². The van der Waals surface area contributed by atoms with E-state index >= 15 is 0 Å². The third-order valence-corrected chi connectivity index (χ3v) is 12.0. The maximum atomic E-state index is 5.48. The number of nitrogens with zero attached hydrogens (tertiary/aromatic N) is 2. The maximum absolute atomic E-state index is 5.48. The van der Waals surface area contributed by atoms with Gasteiger partial charge in [-0.15, -0.1) is 0 Å². The van der Waals surface area contributed by atoms with Crippen LogP contribution in [-0.4, -0.2) is 19.9 Å². The van der Waals surface area contributed by atoms with Gasteiger partial charge >= 0.3 is 0 Å². The number of fused-ring (bicyclic) bond motifs is 8. The van der Waals surface area contributed by atoms with Gasteiger partial charge in [-0.05, 0) is 89.5 Å². The van der Waals surface area contributed by atoms with Gasteiger partial charge in [-0.25, -0.2) is 9.97 Å². The van der Waals surface area contributed by atoms with Crippen LogP contribution in [0.2, 0.25) is 0 Å². The first kappa shape index (κ1) is 35.9. The molecule has 5 heterocycles. The van der Waals surface area contributed by atoms with Gasteiger partial charge in [0.15, 0.2) is 0 Å². The molecule has 0 spiro atoms. The zero-order valence-electron chi connectivity index (χ0n) is 27.6. The first-order valence-electron chi connectivity index (χ1n) is 16.6. The number of rotatable bonds is 4. The molecule has 9 rings (SSSR count). The molecular weight excluding hydrogens is 959 g/mol. The van der Waals surface area contributed by atoms with Crippen LogP contribution in [0.3, 0.4) is 0 Å². The number of benzene rings is 4. The number of halogens is 4. The van der Waals surface area contributed by atoms with E-state index in [4.69, 9.17) is 9.97 Å². The van der Waals surface area contributed by atoms with Gasteiger partial charge in [-0.2, -0.15) is 0 Å². The molecule has 2 aliphatic rings. The average Bonchev–Trinajstić information content (AvgIpc) is 3.95. The largest absolute Gasteiger partial charge is 0.355 e. The first-order chi connectivity index (χ1) is 25.4. The van der Waals surface area contributed by atoms with Crippen molar-refractivity contribution >= 4 is 110 Å². The molecule has 0 unspecified atom stereocenters. The van der Waals surface area contributed by atoms with Gasteiger partial charge in [0.05, 0.1) is 28.3 Å². The molecule has 0 aliphatic carbocycles. The zero-order chi connectivity index (χ0) is 35.3. The minimum absolute atomic E-state index is 0. The molecule has 2 aliphatic heterocycles. The van der Waals surface area contributed by atoms with Crippen LogP contribution in [0, 0.1) is 0 Å². The summed E-state index contributed by atoms with van der Waals surface area (Å²) in [4.78, 5) is 18.0. The fourth-order valence-electron chi connectivity index (χ4n) is 6.94. The Bertz CT molecular complexity index is 2820. The normalized spacial score (nSPS) is 12.0. The van der Waals surface area contributed by atoms with Gasteiger partial charge in [0.1, 0.15) is 0 Å². The van der Waals surface area contributed by atoms with Crippen molar-refractivity contribution in [3.8, 4) is 33.4 Å². The molecule has 0 saturated heterocycles. The summed E-state index contributed by atoms with van der Waals surface area (Å²) in [6, 6.07) is 44.0.